The third kappa shape index (κ3) is 2.94. The standard InChI is InChI=1S/C22H21F2N3O4/c1-10-4-16(24)12(6-15(10)23)7-25-21(30)14-8-26-9-17-11-2-3-13(5-11)27(17)22(31)18(26)20(29)19(14)28/h4,6,8,11,13,17,29H,2-3,5,7,9H2,1H3,(H,25,30)/t11-,13+,17+/m1/s1. The first-order valence-electron chi connectivity index (χ1n) is 10.3. The number of piperidine rings is 1. The molecule has 0 radical (unpaired) electrons. The molecule has 1 aromatic heterocycles. The van der Waals surface area contributed by atoms with Gasteiger partial charge in [0.05, 0.1) is 6.04 Å². The molecule has 2 bridgehead atoms. The lowest BCUT2D eigenvalue weighted by molar-refractivity contribution is 0.0482. The van der Waals surface area contributed by atoms with Crippen LogP contribution in [0, 0.1) is 24.5 Å². The highest BCUT2D eigenvalue weighted by Gasteiger charge is 2.51. The Hall–Kier alpha value is -3.23. The van der Waals surface area contributed by atoms with Gasteiger partial charge in [-0.15, -0.1) is 0 Å². The summed E-state index contributed by atoms with van der Waals surface area (Å²) >= 11 is 0. The predicted molar refractivity (Wildman–Crippen MR) is 106 cm³/mol. The van der Waals surface area contributed by atoms with Gasteiger partial charge in [0.15, 0.2) is 11.4 Å². The van der Waals surface area contributed by atoms with Gasteiger partial charge in [0.25, 0.3) is 11.8 Å². The highest BCUT2D eigenvalue weighted by Crippen LogP contribution is 2.45. The van der Waals surface area contributed by atoms with Crippen molar-refractivity contribution in [2.24, 2.45) is 5.92 Å². The van der Waals surface area contributed by atoms with Crippen molar-refractivity contribution in [2.75, 3.05) is 0 Å². The number of fused-ring (bicyclic) bond motifs is 6. The van der Waals surface area contributed by atoms with Crippen LogP contribution in [0.1, 0.15) is 51.2 Å². The fourth-order valence-corrected chi connectivity index (χ4v) is 5.24. The molecular formula is C22H21F2N3O4. The molecule has 2 N–H and O–H groups in total. The average molecular weight is 429 g/mol. The molecule has 7 nitrogen and oxygen atoms in total. The van der Waals surface area contributed by atoms with E-state index in [4.69, 9.17) is 0 Å². The summed E-state index contributed by atoms with van der Waals surface area (Å²) in [6.45, 7) is 1.49. The largest absolute Gasteiger partial charge is 0.503 e. The van der Waals surface area contributed by atoms with E-state index in [-0.39, 0.29) is 46.9 Å². The highest BCUT2D eigenvalue weighted by molar-refractivity contribution is 5.99. The average Bonchev–Trinajstić information content (AvgIpc) is 3.34. The molecule has 1 saturated heterocycles. The lowest BCUT2D eigenvalue weighted by atomic mass is 9.95. The molecule has 3 heterocycles. The van der Waals surface area contributed by atoms with Crippen LogP contribution in [0.5, 0.6) is 5.75 Å². The van der Waals surface area contributed by atoms with Crippen LogP contribution in [0.2, 0.25) is 0 Å². The molecule has 0 spiro atoms. The molecular weight excluding hydrogens is 408 g/mol. The summed E-state index contributed by atoms with van der Waals surface area (Å²) < 4.78 is 29.2. The van der Waals surface area contributed by atoms with E-state index in [1.807, 2.05) is 0 Å². The molecule has 9 heteroatoms. The Morgan fingerprint density at radius 2 is 2.00 bits per heavy atom. The molecule has 2 amide bonds. The Morgan fingerprint density at radius 1 is 1.23 bits per heavy atom. The van der Waals surface area contributed by atoms with Crippen molar-refractivity contribution in [3.63, 3.8) is 0 Å². The van der Waals surface area contributed by atoms with Crippen LogP contribution < -0.4 is 10.7 Å². The quantitative estimate of drug-likeness (QED) is 0.782. The van der Waals surface area contributed by atoms with Gasteiger partial charge in [0, 0.05) is 30.9 Å². The first kappa shape index (κ1) is 19.7. The number of nitrogens with one attached hydrogen (secondary N) is 1. The van der Waals surface area contributed by atoms with Crippen LogP contribution >= 0.6 is 0 Å². The number of hydrogen-bond acceptors (Lipinski definition) is 4. The van der Waals surface area contributed by atoms with E-state index in [2.05, 4.69) is 5.32 Å². The number of aromatic hydroxyl groups is 1. The van der Waals surface area contributed by atoms with Gasteiger partial charge in [0.2, 0.25) is 5.43 Å². The lowest BCUT2D eigenvalue weighted by Crippen LogP contribution is -2.52. The van der Waals surface area contributed by atoms with E-state index in [0.29, 0.717) is 12.5 Å². The van der Waals surface area contributed by atoms with Crippen molar-refractivity contribution in [1.29, 1.82) is 0 Å². The molecule has 2 aliphatic heterocycles. The summed E-state index contributed by atoms with van der Waals surface area (Å²) in [7, 11) is 0. The first-order valence-corrected chi connectivity index (χ1v) is 10.3. The third-order valence-electron chi connectivity index (χ3n) is 6.83. The summed E-state index contributed by atoms with van der Waals surface area (Å²) in [6.07, 6.45) is 4.16. The molecule has 1 saturated carbocycles. The minimum atomic E-state index is -0.963. The van der Waals surface area contributed by atoms with Gasteiger partial charge >= 0.3 is 0 Å². The zero-order valence-corrected chi connectivity index (χ0v) is 16.8. The van der Waals surface area contributed by atoms with E-state index in [1.165, 1.54) is 17.7 Å². The molecule has 1 aromatic carbocycles. The van der Waals surface area contributed by atoms with E-state index in [1.54, 1.807) is 4.90 Å². The zero-order chi connectivity index (χ0) is 22.0. The summed E-state index contributed by atoms with van der Waals surface area (Å²) in [6, 6.07) is 2.15. The maximum atomic E-state index is 14.0. The maximum Gasteiger partial charge on any atom is 0.275 e. The molecule has 5 rings (SSSR count). The van der Waals surface area contributed by atoms with E-state index >= 15 is 0 Å². The Morgan fingerprint density at radius 3 is 2.77 bits per heavy atom. The van der Waals surface area contributed by atoms with Gasteiger partial charge in [-0.3, -0.25) is 14.4 Å². The molecule has 2 fully saturated rings. The second-order valence-electron chi connectivity index (χ2n) is 8.60. The first-order chi connectivity index (χ1) is 14.8. The fourth-order valence-electron chi connectivity index (χ4n) is 5.24. The molecule has 1 aliphatic carbocycles. The second-order valence-corrected chi connectivity index (χ2v) is 8.60. The monoisotopic (exact) mass is 429 g/mol. The molecule has 162 valence electrons. The number of carbonyl (C=O) groups is 2. The lowest BCUT2D eigenvalue weighted by Gasteiger charge is -2.40. The van der Waals surface area contributed by atoms with Gasteiger partial charge in [-0.25, -0.2) is 8.78 Å². The van der Waals surface area contributed by atoms with Crippen molar-refractivity contribution in [1.82, 2.24) is 14.8 Å². The molecule has 0 unspecified atom stereocenters. The molecule has 2 aromatic rings. The van der Waals surface area contributed by atoms with Crippen molar-refractivity contribution in [3.05, 3.63) is 62.6 Å². The maximum absolute atomic E-state index is 14.0. The number of aryl methyl sites for hydroxylation is 1. The van der Waals surface area contributed by atoms with Crippen LogP contribution in [-0.4, -0.2) is 38.5 Å². The molecule has 31 heavy (non-hydrogen) atoms. The van der Waals surface area contributed by atoms with Crippen LogP contribution in [0.3, 0.4) is 0 Å². The molecule has 3 aliphatic rings. The minimum Gasteiger partial charge on any atom is -0.503 e. The van der Waals surface area contributed by atoms with Crippen molar-refractivity contribution >= 4 is 11.8 Å². The Balaban J connectivity index is 1.44. The third-order valence-corrected chi connectivity index (χ3v) is 6.83. The Bertz CT molecular complexity index is 1190. The van der Waals surface area contributed by atoms with Crippen LogP contribution in [0.15, 0.2) is 23.1 Å². The zero-order valence-electron chi connectivity index (χ0n) is 16.8. The van der Waals surface area contributed by atoms with Crippen LogP contribution in [0.4, 0.5) is 8.78 Å². The number of nitrogens with zero attached hydrogens (tertiary/aromatic N) is 2. The van der Waals surface area contributed by atoms with E-state index < -0.39 is 28.7 Å². The van der Waals surface area contributed by atoms with Gasteiger partial charge < -0.3 is 19.9 Å². The Labute approximate surface area is 176 Å². The molecule has 3 atom stereocenters. The van der Waals surface area contributed by atoms with Crippen LogP contribution in [0.25, 0.3) is 0 Å². The number of amides is 2. The summed E-state index contributed by atoms with van der Waals surface area (Å²) in [5.41, 5.74) is -1.33. The van der Waals surface area contributed by atoms with E-state index in [9.17, 15) is 28.3 Å². The van der Waals surface area contributed by atoms with Crippen molar-refractivity contribution < 1.29 is 23.5 Å². The smallest absolute Gasteiger partial charge is 0.275 e. The number of hydrogen-bond donors (Lipinski definition) is 2. The predicted octanol–water partition coefficient (Wildman–Crippen LogP) is 2.08. The SMILES string of the molecule is Cc1cc(F)c(CNC(=O)c2cn3c(c(O)c2=O)C(=O)N2[C@H]4CC[C@H](C4)[C@@H]2C3)cc1F. The number of carbonyl (C=O) groups excluding carboxylic acids is 2. The normalized spacial score (nSPS) is 23.6. The number of rotatable bonds is 3. The second kappa shape index (κ2) is 6.90. The van der Waals surface area contributed by atoms with Gasteiger partial charge in [-0.05, 0) is 49.8 Å². The van der Waals surface area contributed by atoms with E-state index in [0.717, 1.165) is 31.4 Å². The fraction of sp³-hybridized carbons (Fsp3) is 0.409. The van der Waals surface area contributed by atoms with Gasteiger partial charge in [-0.1, -0.05) is 0 Å². The highest BCUT2D eigenvalue weighted by atomic mass is 19.1. The topological polar surface area (TPSA) is 91.6 Å². The Kier molecular flexibility index (Phi) is 4.39. The number of aromatic nitrogens is 1. The van der Waals surface area contributed by atoms with Gasteiger partial charge in [-0.2, -0.15) is 0 Å². The van der Waals surface area contributed by atoms with Crippen LogP contribution in [-0.2, 0) is 13.1 Å². The number of pyridine rings is 1. The number of benzene rings is 1. The number of halogens is 2. The summed E-state index contributed by atoms with van der Waals surface area (Å²) in [5, 5.41) is 12.9. The van der Waals surface area contributed by atoms with Crippen molar-refractivity contribution in [3.8, 4) is 5.75 Å². The minimum absolute atomic E-state index is 0.0128. The van der Waals surface area contributed by atoms with Crippen molar-refractivity contribution in [2.45, 2.75) is 51.4 Å². The van der Waals surface area contributed by atoms with Gasteiger partial charge in [0.1, 0.15) is 17.2 Å². The summed E-state index contributed by atoms with van der Waals surface area (Å²) in [4.78, 5) is 40.0. The summed E-state index contributed by atoms with van der Waals surface area (Å²) in [5.74, 6) is -2.88.